The van der Waals surface area contributed by atoms with Gasteiger partial charge in [-0.15, -0.1) is 0 Å². The zero-order valence-corrected chi connectivity index (χ0v) is 5.67. The monoisotopic (exact) mass is 124 g/mol. The van der Waals surface area contributed by atoms with Crippen molar-refractivity contribution in [2.75, 3.05) is 0 Å². The van der Waals surface area contributed by atoms with Gasteiger partial charge in [-0.3, -0.25) is 0 Å². The second-order valence-electron chi connectivity index (χ2n) is 3.50. The molecule has 2 rings (SSSR count). The predicted molar refractivity (Wildman–Crippen MR) is 36.0 cm³/mol. The number of aliphatic hydroxyl groups excluding tert-OH is 1. The molecule has 1 fully saturated rings. The van der Waals surface area contributed by atoms with Crippen molar-refractivity contribution >= 4 is 0 Å². The standard InChI is InChI=1S/C8H12O/c1-8-4-2-6(8)7(9)3-5-8/h2,4,6-7,9H,3,5H2,1H3/t6-,7+,8+/m1/s1. The van der Waals surface area contributed by atoms with Gasteiger partial charge < -0.3 is 5.11 Å². The lowest BCUT2D eigenvalue weighted by Gasteiger charge is -2.35. The van der Waals surface area contributed by atoms with Crippen LogP contribution in [0.4, 0.5) is 0 Å². The Labute approximate surface area is 55.4 Å². The maximum atomic E-state index is 9.33. The summed E-state index contributed by atoms with van der Waals surface area (Å²) in [5, 5.41) is 9.33. The van der Waals surface area contributed by atoms with E-state index in [-0.39, 0.29) is 6.10 Å². The summed E-state index contributed by atoms with van der Waals surface area (Å²) in [6.45, 7) is 2.23. The van der Waals surface area contributed by atoms with E-state index in [1.54, 1.807) is 0 Å². The maximum absolute atomic E-state index is 9.33. The number of allylic oxidation sites excluding steroid dienone is 1. The largest absolute Gasteiger partial charge is 0.392 e. The molecule has 50 valence electrons. The van der Waals surface area contributed by atoms with Gasteiger partial charge in [0.25, 0.3) is 0 Å². The van der Waals surface area contributed by atoms with E-state index in [1.165, 1.54) is 6.42 Å². The first-order valence-corrected chi connectivity index (χ1v) is 3.60. The smallest absolute Gasteiger partial charge is 0.0611 e. The van der Waals surface area contributed by atoms with Gasteiger partial charge in [0.05, 0.1) is 6.10 Å². The second kappa shape index (κ2) is 1.40. The van der Waals surface area contributed by atoms with E-state index in [0.717, 1.165) is 6.42 Å². The van der Waals surface area contributed by atoms with E-state index in [2.05, 4.69) is 19.1 Å². The summed E-state index contributed by atoms with van der Waals surface area (Å²) in [6, 6.07) is 0. The molecule has 0 saturated heterocycles. The first-order valence-electron chi connectivity index (χ1n) is 3.60. The Kier molecular flexibility index (Phi) is 0.854. The molecule has 0 aromatic rings. The van der Waals surface area contributed by atoms with E-state index < -0.39 is 0 Å². The third kappa shape index (κ3) is 0.531. The molecular weight excluding hydrogens is 112 g/mol. The fourth-order valence-electron chi connectivity index (χ4n) is 1.99. The van der Waals surface area contributed by atoms with Crippen LogP contribution in [0.1, 0.15) is 19.8 Å². The van der Waals surface area contributed by atoms with Gasteiger partial charge in [-0.25, -0.2) is 0 Å². The van der Waals surface area contributed by atoms with Crippen LogP contribution in [0.2, 0.25) is 0 Å². The SMILES string of the molecule is C[C@@]12C=C[C@@H]1[C@@H](O)CC2. The summed E-state index contributed by atoms with van der Waals surface area (Å²) in [6.07, 6.45) is 6.50. The van der Waals surface area contributed by atoms with Crippen molar-refractivity contribution in [3.63, 3.8) is 0 Å². The van der Waals surface area contributed by atoms with Crippen molar-refractivity contribution in [1.82, 2.24) is 0 Å². The summed E-state index contributed by atoms with van der Waals surface area (Å²) in [7, 11) is 0. The fourth-order valence-corrected chi connectivity index (χ4v) is 1.99. The molecule has 1 heteroatoms. The molecule has 0 aliphatic heterocycles. The molecule has 0 amide bonds. The lowest BCUT2D eigenvalue weighted by Crippen LogP contribution is -2.30. The van der Waals surface area contributed by atoms with E-state index in [1.807, 2.05) is 0 Å². The van der Waals surface area contributed by atoms with Crippen molar-refractivity contribution in [2.45, 2.75) is 25.9 Å². The molecule has 0 aromatic carbocycles. The summed E-state index contributed by atoms with van der Waals surface area (Å²) in [4.78, 5) is 0. The van der Waals surface area contributed by atoms with E-state index >= 15 is 0 Å². The van der Waals surface area contributed by atoms with Crippen molar-refractivity contribution < 1.29 is 5.11 Å². The van der Waals surface area contributed by atoms with Crippen LogP contribution in [0, 0.1) is 11.3 Å². The molecule has 0 heterocycles. The highest BCUT2D eigenvalue weighted by Gasteiger charge is 2.46. The van der Waals surface area contributed by atoms with Crippen LogP contribution in [0.3, 0.4) is 0 Å². The zero-order chi connectivity index (χ0) is 6.48. The van der Waals surface area contributed by atoms with Crippen LogP contribution in [0.5, 0.6) is 0 Å². The van der Waals surface area contributed by atoms with Gasteiger partial charge in [0.2, 0.25) is 0 Å². The Bertz CT molecular complexity index is 162. The average Bonchev–Trinajstić information content (AvgIpc) is 1.93. The van der Waals surface area contributed by atoms with Crippen LogP contribution >= 0.6 is 0 Å². The van der Waals surface area contributed by atoms with Crippen LogP contribution in [0.15, 0.2) is 12.2 Å². The zero-order valence-electron chi connectivity index (χ0n) is 5.67. The average molecular weight is 124 g/mol. The third-order valence-corrected chi connectivity index (χ3v) is 2.84. The van der Waals surface area contributed by atoms with Gasteiger partial charge in [0.15, 0.2) is 0 Å². The van der Waals surface area contributed by atoms with Crippen LogP contribution in [-0.2, 0) is 0 Å². The van der Waals surface area contributed by atoms with Gasteiger partial charge in [0, 0.05) is 5.92 Å². The molecule has 1 saturated carbocycles. The minimum Gasteiger partial charge on any atom is -0.392 e. The van der Waals surface area contributed by atoms with Crippen molar-refractivity contribution in [2.24, 2.45) is 11.3 Å². The molecule has 3 atom stereocenters. The van der Waals surface area contributed by atoms with Crippen molar-refractivity contribution in [3.8, 4) is 0 Å². The van der Waals surface area contributed by atoms with E-state index in [9.17, 15) is 5.11 Å². The van der Waals surface area contributed by atoms with Gasteiger partial charge in [-0.2, -0.15) is 0 Å². The highest BCUT2D eigenvalue weighted by Crippen LogP contribution is 2.51. The number of aliphatic hydroxyl groups is 1. The van der Waals surface area contributed by atoms with E-state index in [4.69, 9.17) is 0 Å². The Balaban J connectivity index is 2.25. The molecule has 2 aliphatic carbocycles. The Hall–Kier alpha value is -0.300. The van der Waals surface area contributed by atoms with Crippen LogP contribution < -0.4 is 0 Å². The number of hydrogen-bond acceptors (Lipinski definition) is 1. The van der Waals surface area contributed by atoms with Crippen LogP contribution in [0.25, 0.3) is 0 Å². The summed E-state index contributed by atoms with van der Waals surface area (Å²) in [5.41, 5.74) is 0.374. The van der Waals surface area contributed by atoms with Gasteiger partial charge in [-0.1, -0.05) is 19.1 Å². The molecule has 0 bridgehead atoms. The molecule has 0 radical (unpaired) electrons. The molecule has 1 N–H and O–H groups in total. The number of rotatable bonds is 0. The lowest BCUT2D eigenvalue weighted by molar-refractivity contribution is 0.118. The summed E-state index contributed by atoms with van der Waals surface area (Å²) < 4.78 is 0. The Morgan fingerprint density at radius 3 is 2.67 bits per heavy atom. The maximum Gasteiger partial charge on any atom is 0.0611 e. The topological polar surface area (TPSA) is 20.2 Å². The minimum atomic E-state index is -0.0417. The minimum absolute atomic E-state index is 0.0417. The summed E-state index contributed by atoms with van der Waals surface area (Å²) in [5.74, 6) is 0.484. The Morgan fingerprint density at radius 1 is 1.67 bits per heavy atom. The van der Waals surface area contributed by atoms with Crippen LogP contribution in [-0.4, -0.2) is 11.2 Å². The third-order valence-electron chi connectivity index (χ3n) is 2.84. The van der Waals surface area contributed by atoms with Crippen molar-refractivity contribution in [1.29, 1.82) is 0 Å². The first kappa shape index (κ1) is 5.48. The quantitative estimate of drug-likeness (QED) is 0.483. The predicted octanol–water partition coefficient (Wildman–Crippen LogP) is 1.33. The second-order valence-corrected chi connectivity index (χ2v) is 3.50. The van der Waals surface area contributed by atoms with Gasteiger partial charge in [-0.05, 0) is 18.3 Å². The van der Waals surface area contributed by atoms with Gasteiger partial charge in [0.1, 0.15) is 0 Å². The molecular formula is C8H12O. The number of hydrogen-bond donors (Lipinski definition) is 1. The number of fused-ring (bicyclic) bond motifs is 1. The first-order chi connectivity index (χ1) is 4.22. The molecule has 0 aromatic heterocycles. The van der Waals surface area contributed by atoms with E-state index in [0.29, 0.717) is 11.3 Å². The highest BCUT2D eigenvalue weighted by atomic mass is 16.3. The van der Waals surface area contributed by atoms with Gasteiger partial charge >= 0.3 is 0 Å². The normalized spacial score (nSPS) is 54.9. The molecule has 0 spiro atoms. The Morgan fingerprint density at radius 2 is 2.44 bits per heavy atom. The molecule has 2 aliphatic rings. The highest BCUT2D eigenvalue weighted by molar-refractivity contribution is 5.22. The molecule has 1 nitrogen and oxygen atoms in total. The molecule has 9 heavy (non-hydrogen) atoms. The van der Waals surface area contributed by atoms with Crippen molar-refractivity contribution in [3.05, 3.63) is 12.2 Å². The fraction of sp³-hybridized carbons (Fsp3) is 0.750. The lowest BCUT2D eigenvalue weighted by atomic mass is 9.70. The molecule has 0 unspecified atom stereocenters. The summed E-state index contributed by atoms with van der Waals surface area (Å²) >= 11 is 0.